The van der Waals surface area contributed by atoms with Gasteiger partial charge in [-0.1, -0.05) is 31.4 Å². The van der Waals surface area contributed by atoms with Crippen molar-refractivity contribution >= 4 is 38.9 Å². The first-order valence-electron chi connectivity index (χ1n) is 4.35. The molecule has 1 nitrogen and oxygen atoms in total. The summed E-state index contributed by atoms with van der Waals surface area (Å²) < 4.78 is 1.75. The van der Waals surface area contributed by atoms with Gasteiger partial charge in [-0.05, 0) is 28.4 Å². The van der Waals surface area contributed by atoms with E-state index in [2.05, 4.69) is 22.9 Å². The van der Waals surface area contributed by atoms with Crippen LogP contribution in [0.15, 0.2) is 10.5 Å². The van der Waals surface area contributed by atoms with E-state index < -0.39 is 0 Å². The first-order valence-corrected chi connectivity index (χ1v) is 6.34. The predicted octanol–water partition coefficient (Wildman–Crippen LogP) is 4.35. The van der Waals surface area contributed by atoms with E-state index in [4.69, 9.17) is 17.3 Å². The van der Waals surface area contributed by atoms with Gasteiger partial charge in [0.1, 0.15) is 4.34 Å². The van der Waals surface area contributed by atoms with Crippen LogP contribution < -0.4 is 5.73 Å². The zero-order chi connectivity index (χ0) is 9.84. The Hall–Kier alpha value is 0.430. The molecule has 0 aliphatic carbocycles. The highest BCUT2D eigenvalue weighted by molar-refractivity contribution is 9.10. The van der Waals surface area contributed by atoms with Gasteiger partial charge in [0.15, 0.2) is 0 Å². The van der Waals surface area contributed by atoms with Crippen molar-refractivity contribution in [1.82, 2.24) is 0 Å². The Balaban J connectivity index is 2.60. The van der Waals surface area contributed by atoms with E-state index in [1.807, 2.05) is 6.07 Å². The lowest BCUT2D eigenvalue weighted by Crippen LogP contribution is -2.07. The van der Waals surface area contributed by atoms with Crippen molar-refractivity contribution in [1.29, 1.82) is 0 Å². The van der Waals surface area contributed by atoms with Gasteiger partial charge >= 0.3 is 0 Å². The highest BCUT2D eigenvalue weighted by Gasteiger charge is 2.10. The molecule has 0 radical (unpaired) electrons. The van der Waals surface area contributed by atoms with Crippen LogP contribution in [0.4, 0.5) is 0 Å². The number of rotatable bonds is 4. The van der Waals surface area contributed by atoms with Crippen LogP contribution in [0.25, 0.3) is 0 Å². The Kier molecular flexibility index (Phi) is 4.73. The highest BCUT2D eigenvalue weighted by Crippen LogP contribution is 2.35. The van der Waals surface area contributed by atoms with Gasteiger partial charge in [-0.15, -0.1) is 11.3 Å². The number of halogens is 2. The summed E-state index contributed by atoms with van der Waals surface area (Å²) in [5, 5.41) is 0. The van der Waals surface area contributed by atoms with Crippen molar-refractivity contribution in [2.75, 3.05) is 0 Å². The summed E-state index contributed by atoms with van der Waals surface area (Å²) in [6.45, 7) is 2.17. The fraction of sp³-hybridized carbons (Fsp3) is 0.556. The van der Waals surface area contributed by atoms with Crippen LogP contribution in [0, 0.1) is 0 Å². The summed E-state index contributed by atoms with van der Waals surface area (Å²) in [6, 6.07) is 2.17. The van der Waals surface area contributed by atoms with Crippen LogP contribution >= 0.6 is 38.9 Å². The van der Waals surface area contributed by atoms with Crippen LogP contribution in [0.3, 0.4) is 0 Å². The molecule has 0 spiro atoms. The first-order chi connectivity index (χ1) is 6.15. The minimum absolute atomic E-state index is 0.147. The van der Waals surface area contributed by atoms with E-state index in [0.717, 1.165) is 15.2 Å². The zero-order valence-corrected chi connectivity index (χ0v) is 10.7. The fourth-order valence-corrected chi connectivity index (χ4v) is 2.88. The van der Waals surface area contributed by atoms with Crippen molar-refractivity contribution < 1.29 is 0 Å². The second-order valence-corrected chi connectivity index (χ2v) is 5.56. The lowest BCUT2D eigenvalue weighted by molar-refractivity contribution is 0.611. The molecule has 0 aliphatic heterocycles. The average Bonchev–Trinajstić information content (AvgIpc) is 2.43. The Bertz CT molecular complexity index is 255. The lowest BCUT2D eigenvalue weighted by Gasteiger charge is -2.07. The summed E-state index contributed by atoms with van der Waals surface area (Å²) in [5.74, 6) is 0. The Morgan fingerprint density at radius 3 is 2.85 bits per heavy atom. The second kappa shape index (κ2) is 5.35. The monoisotopic (exact) mass is 281 g/mol. The van der Waals surface area contributed by atoms with Crippen molar-refractivity contribution in [3.63, 3.8) is 0 Å². The summed E-state index contributed by atoms with van der Waals surface area (Å²) in [4.78, 5) is 1.17. The molecule has 1 aromatic rings. The molecule has 1 aromatic heterocycles. The van der Waals surface area contributed by atoms with Crippen LogP contribution in [-0.2, 0) is 0 Å². The molecular formula is C9H13BrClNS. The van der Waals surface area contributed by atoms with Crippen molar-refractivity contribution in [3.05, 3.63) is 19.8 Å². The SMILES string of the molecule is CCCCC(N)c1cc(Br)c(Cl)s1. The largest absolute Gasteiger partial charge is 0.323 e. The number of thiophene rings is 1. The molecule has 0 amide bonds. The molecule has 0 bridgehead atoms. The maximum Gasteiger partial charge on any atom is 0.107 e. The minimum atomic E-state index is 0.147. The predicted molar refractivity (Wildman–Crippen MR) is 63.5 cm³/mol. The molecule has 2 N–H and O–H groups in total. The molecule has 1 atom stereocenters. The molecule has 1 heterocycles. The Labute approximate surface area is 96.4 Å². The lowest BCUT2D eigenvalue weighted by atomic mass is 10.1. The smallest absolute Gasteiger partial charge is 0.107 e. The molecule has 0 saturated carbocycles. The molecule has 0 fully saturated rings. The standard InChI is InChI=1S/C9H13BrClNS/c1-2-3-4-7(12)8-5-6(10)9(11)13-8/h5,7H,2-4,12H2,1H3. The van der Waals surface area contributed by atoms with Gasteiger partial charge in [0.25, 0.3) is 0 Å². The zero-order valence-electron chi connectivity index (χ0n) is 7.52. The molecule has 1 unspecified atom stereocenters. The third-order valence-corrected chi connectivity index (χ3v) is 4.50. The highest BCUT2D eigenvalue weighted by atomic mass is 79.9. The molecule has 0 aliphatic rings. The normalized spacial score (nSPS) is 13.2. The maximum absolute atomic E-state index is 5.99. The van der Waals surface area contributed by atoms with Crippen LogP contribution in [0.2, 0.25) is 4.34 Å². The quantitative estimate of drug-likeness (QED) is 0.873. The van der Waals surface area contributed by atoms with Crippen molar-refractivity contribution in [2.24, 2.45) is 5.73 Å². The van der Waals surface area contributed by atoms with Crippen LogP contribution in [-0.4, -0.2) is 0 Å². The summed E-state index contributed by atoms with van der Waals surface area (Å²) in [5.41, 5.74) is 5.99. The minimum Gasteiger partial charge on any atom is -0.323 e. The molecular weight excluding hydrogens is 270 g/mol. The number of nitrogens with two attached hydrogens (primary N) is 1. The number of hydrogen-bond donors (Lipinski definition) is 1. The van der Waals surface area contributed by atoms with Gasteiger partial charge in [0.05, 0.1) is 0 Å². The van der Waals surface area contributed by atoms with E-state index in [0.29, 0.717) is 0 Å². The maximum atomic E-state index is 5.99. The van der Waals surface area contributed by atoms with E-state index in [1.54, 1.807) is 11.3 Å². The molecule has 0 aromatic carbocycles. The summed E-state index contributed by atoms with van der Waals surface area (Å²) in [6.07, 6.45) is 3.40. The van der Waals surface area contributed by atoms with Crippen molar-refractivity contribution in [2.45, 2.75) is 32.2 Å². The molecule has 0 saturated heterocycles. The molecule has 1 rings (SSSR count). The fourth-order valence-electron chi connectivity index (χ4n) is 1.11. The van der Waals surface area contributed by atoms with Gasteiger partial charge in [-0.25, -0.2) is 0 Å². The topological polar surface area (TPSA) is 26.0 Å². The van der Waals surface area contributed by atoms with Crippen molar-refractivity contribution in [3.8, 4) is 0 Å². The molecule has 13 heavy (non-hydrogen) atoms. The number of hydrogen-bond acceptors (Lipinski definition) is 2. The van der Waals surface area contributed by atoms with Gasteiger partial charge in [-0.3, -0.25) is 0 Å². The summed E-state index contributed by atoms with van der Waals surface area (Å²) >= 11 is 10.9. The van der Waals surface area contributed by atoms with Gasteiger partial charge in [0, 0.05) is 15.4 Å². The summed E-state index contributed by atoms with van der Waals surface area (Å²) in [7, 11) is 0. The van der Waals surface area contributed by atoms with E-state index >= 15 is 0 Å². The van der Waals surface area contributed by atoms with Crippen LogP contribution in [0.1, 0.15) is 37.1 Å². The van der Waals surface area contributed by atoms with Gasteiger partial charge < -0.3 is 5.73 Å². The van der Waals surface area contributed by atoms with E-state index in [1.165, 1.54) is 17.7 Å². The second-order valence-electron chi connectivity index (χ2n) is 3.02. The number of unbranched alkanes of at least 4 members (excludes halogenated alkanes) is 1. The van der Waals surface area contributed by atoms with E-state index in [9.17, 15) is 0 Å². The average molecular weight is 283 g/mol. The molecule has 74 valence electrons. The van der Waals surface area contributed by atoms with Crippen LogP contribution in [0.5, 0.6) is 0 Å². The molecule has 4 heteroatoms. The van der Waals surface area contributed by atoms with E-state index in [-0.39, 0.29) is 6.04 Å². The Morgan fingerprint density at radius 2 is 2.38 bits per heavy atom. The third-order valence-electron chi connectivity index (χ3n) is 1.90. The third kappa shape index (κ3) is 3.24. The Morgan fingerprint density at radius 1 is 1.69 bits per heavy atom. The van der Waals surface area contributed by atoms with Gasteiger partial charge in [0.2, 0.25) is 0 Å². The van der Waals surface area contributed by atoms with Gasteiger partial charge in [-0.2, -0.15) is 0 Å². The first kappa shape index (κ1) is 11.5.